The van der Waals surface area contributed by atoms with E-state index < -0.39 is 5.79 Å². The van der Waals surface area contributed by atoms with Gasteiger partial charge in [-0.15, -0.1) is 0 Å². The number of ether oxygens (including phenoxy) is 2. The number of hydrogen-bond acceptors (Lipinski definition) is 6. The van der Waals surface area contributed by atoms with Crippen LogP contribution in [0.3, 0.4) is 0 Å². The molecular weight excluding hydrogens is 482 g/mol. The van der Waals surface area contributed by atoms with Crippen LogP contribution < -0.4 is 10.5 Å². The van der Waals surface area contributed by atoms with Crippen molar-refractivity contribution in [1.29, 1.82) is 0 Å². The lowest BCUT2D eigenvalue weighted by molar-refractivity contribution is -0.485. The van der Waals surface area contributed by atoms with Crippen molar-refractivity contribution in [3.63, 3.8) is 0 Å². The Morgan fingerprint density at radius 3 is 2.13 bits per heavy atom. The Balaban J connectivity index is 0.921. The van der Waals surface area contributed by atoms with Crippen molar-refractivity contribution in [2.24, 2.45) is 29.4 Å². The van der Waals surface area contributed by atoms with Crippen LogP contribution in [0.5, 0.6) is 5.75 Å². The van der Waals surface area contributed by atoms with E-state index in [1.807, 2.05) is 7.11 Å². The standard InChI is InChI=1S/C30H45N3O5/c1-35-30(25-17-21-16-22(19-25)20-26(30)18-21)38-37-28-8-4-24(5-9-28)23-2-6-27(7-3-23)36-15-14-32-10-12-33(13-11-32)29(31)34/h2-3,6-7,21-22,24-26,28H,4-5,8-20H2,1H3,(H2,31,34). The van der Waals surface area contributed by atoms with Gasteiger partial charge in [-0.3, -0.25) is 4.90 Å². The predicted molar refractivity (Wildman–Crippen MR) is 143 cm³/mol. The first kappa shape index (κ1) is 26.4. The number of primary amides is 1. The Kier molecular flexibility index (Phi) is 7.85. The number of rotatable bonds is 9. The fraction of sp³-hybridized carbons (Fsp3) is 0.767. The lowest BCUT2D eigenvalue weighted by Gasteiger charge is -2.58. The van der Waals surface area contributed by atoms with Gasteiger partial charge < -0.3 is 20.1 Å². The highest BCUT2D eigenvalue weighted by molar-refractivity contribution is 5.72. The molecule has 5 saturated carbocycles. The monoisotopic (exact) mass is 527 g/mol. The number of hydrogen-bond donors (Lipinski definition) is 1. The second kappa shape index (κ2) is 11.3. The first-order valence-electron chi connectivity index (χ1n) is 14.9. The van der Waals surface area contributed by atoms with Crippen molar-refractivity contribution in [3.8, 4) is 5.75 Å². The summed E-state index contributed by atoms with van der Waals surface area (Å²) in [6.07, 6.45) is 10.8. The highest BCUT2D eigenvalue weighted by Crippen LogP contribution is 2.60. The Morgan fingerprint density at radius 1 is 0.921 bits per heavy atom. The summed E-state index contributed by atoms with van der Waals surface area (Å²) in [6, 6.07) is 8.31. The molecule has 1 aliphatic heterocycles. The van der Waals surface area contributed by atoms with E-state index in [1.54, 1.807) is 4.90 Å². The Labute approximate surface area is 227 Å². The molecule has 0 unspecified atom stereocenters. The van der Waals surface area contributed by atoms with Gasteiger partial charge in [0.15, 0.2) is 0 Å². The normalized spacial score (nSPS) is 36.9. The molecule has 8 heteroatoms. The lowest BCUT2D eigenvalue weighted by Crippen LogP contribution is -2.60. The molecule has 4 bridgehead atoms. The molecule has 38 heavy (non-hydrogen) atoms. The summed E-state index contributed by atoms with van der Waals surface area (Å²) in [4.78, 5) is 27.7. The Hall–Kier alpha value is -1.87. The van der Waals surface area contributed by atoms with Gasteiger partial charge in [-0.25, -0.2) is 14.6 Å². The lowest BCUT2D eigenvalue weighted by atomic mass is 9.53. The average molecular weight is 528 g/mol. The molecule has 6 aliphatic rings. The van der Waals surface area contributed by atoms with Crippen LogP contribution in [-0.2, 0) is 14.5 Å². The van der Waals surface area contributed by atoms with Gasteiger partial charge in [0, 0.05) is 51.7 Å². The number of urea groups is 1. The molecule has 1 aromatic rings. The highest BCUT2D eigenvalue weighted by Gasteiger charge is 2.60. The van der Waals surface area contributed by atoms with E-state index in [0.717, 1.165) is 62.9 Å². The van der Waals surface area contributed by atoms with Crippen LogP contribution in [0, 0.1) is 23.7 Å². The minimum absolute atomic E-state index is 0.155. The van der Waals surface area contributed by atoms with E-state index in [2.05, 4.69) is 29.2 Å². The summed E-state index contributed by atoms with van der Waals surface area (Å²) in [5.74, 6) is 3.70. The van der Waals surface area contributed by atoms with Crippen LogP contribution in [0.25, 0.3) is 0 Å². The minimum Gasteiger partial charge on any atom is -0.492 e. The number of benzene rings is 1. The third-order valence-electron chi connectivity index (χ3n) is 10.3. The summed E-state index contributed by atoms with van der Waals surface area (Å²) >= 11 is 0. The number of nitrogens with zero attached hydrogens (tertiary/aromatic N) is 2. The van der Waals surface area contributed by atoms with E-state index >= 15 is 0 Å². The van der Waals surface area contributed by atoms with Crippen LogP contribution in [-0.4, -0.2) is 74.2 Å². The zero-order valence-electron chi connectivity index (χ0n) is 22.9. The number of piperazine rings is 1. The summed E-state index contributed by atoms with van der Waals surface area (Å²) in [6.45, 7) is 4.57. The summed E-state index contributed by atoms with van der Waals surface area (Å²) in [7, 11) is 1.82. The summed E-state index contributed by atoms with van der Waals surface area (Å²) in [5.41, 5.74) is 6.74. The van der Waals surface area contributed by atoms with Gasteiger partial charge in [0.2, 0.25) is 5.79 Å². The number of amides is 2. The fourth-order valence-corrected chi connectivity index (χ4v) is 8.30. The molecule has 2 amide bonds. The van der Waals surface area contributed by atoms with Crippen molar-refractivity contribution >= 4 is 6.03 Å². The zero-order valence-corrected chi connectivity index (χ0v) is 22.9. The molecule has 1 heterocycles. The van der Waals surface area contributed by atoms with Crippen LogP contribution in [0.2, 0.25) is 0 Å². The van der Waals surface area contributed by atoms with Gasteiger partial charge in [0.1, 0.15) is 12.4 Å². The van der Waals surface area contributed by atoms with Gasteiger partial charge in [-0.05, 0) is 93.2 Å². The molecule has 5 aliphatic carbocycles. The van der Waals surface area contributed by atoms with Crippen molar-refractivity contribution in [2.45, 2.75) is 75.6 Å². The maximum Gasteiger partial charge on any atom is 0.314 e. The maximum absolute atomic E-state index is 11.3. The molecule has 0 spiro atoms. The fourth-order valence-electron chi connectivity index (χ4n) is 8.30. The van der Waals surface area contributed by atoms with Crippen LogP contribution >= 0.6 is 0 Å². The van der Waals surface area contributed by atoms with E-state index in [4.69, 9.17) is 25.0 Å². The van der Waals surface area contributed by atoms with Crippen molar-refractivity contribution in [1.82, 2.24) is 9.80 Å². The molecule has 0 aromatic heterocycles. The molecule has 2 N–H and O–H groups in total. The molecule has 0 radical (unpaired) electrons. The van der Waals surface area contributed by atoms with Gasteiger partial charge in [0.25, 0.3) is 0 Å². The van der Waals surface area contributed by atoms with Crippen molar-refractivity contribution < 1.29 is 24.0 Å². The number of nitrogens with two attached hydrogens (primary N) is 1. The molecule has 1 aromatic carbocycles. The van der Waals surface area contributed by atoms with Gasteiger partial charge in [-0.2, -0.15) is 0 Å². The highest BCUT2D eigenvalue weighted by atomic mass is 17.2. The Morgan fingerprint density at radius 2 is 1.55 bits per heavy atom. The van der Waals surface area contributed by atoms with Crippen LogP contribution in [0.1, 0.15) is 69.3 Å². The predicted octanol–water partition coefficient (Wildman–Crippen LogP) is 4.53. The largest absolute Gasteiger partial charge is 0.492 e. The SMILES string of the molecule is COC1(OOC2CCC(c3ccc(OCCN4CCN(C(N)=O)CC4)cc3)CC2)C2CC3CC(C2)CC1C3. The quantitative estimate of drug-likeness (QED) is 0.288. The summed E-state index contributed by atoms with van der Waals surface area (Å²) in [5, 5.41) is 0. The number of carbonyl (C=O) groups excluding carboxylic acids is 1. The average Bonchev–Trinajstić information content (AvgIpc) is 2.94. The second-order valence-electron chi connectivity index (χ2n) is 12.5. The third kappa shape index (κ3) is 5.42. The number of carbonyl (C=O) groups is 1. The topological polar surface area (TPSA) is 86.5 Å². The first-order chi connectivity index (χ1) is 18.5. The molecule has 6 fully saturated rings. The van der Waals surface area contributed by atoms with E-state index in [-0.39, 0.29) is 12.1 Å². The number of methoxy groups -OCH3 is 1. The molecule has 1 saturated heterocycles. The van der Waals surface area contributed by atoms with E-state index in [9.17, 15) is 4.79 Å². The van der Waals surface area contributed by atoms with E-state index in [0.29, 0.717) is 37.5 Å². The Bertz CT molecular complexity index is 912. The minimum atomic E-state index is -0.516. The molecule has 7 rings (SSSR count). The molecule has 0 atom stereocenters. The molecule has 210 valence electrons. The van der Waals surface area contributed by atoms with Crippen molar-refractivity contribution in [2.75, 3.05) is 46.4 Å². The molecular formula is C30H45N3O5. The summed E-state index contributed by atoms with van der Waals surface area (Å²) < 4.78 is 12.1. The zero-order chi connectivity index (χ0) is 26.1. The van der Waals surface area contributed by atoms with Crippen LogP contribution in [0.4, 0.5) is 4.79 Å². The first-order valence-corrected chi connectivity index (χ1v) is 14.9. The maximum atomic E-state index is 11.3. The van der Waals surface area contributed by atoms with Gasteiger partial charge in [-0.1, -0.05) is 12.1 Å². The molecule has 8 nitrogen and oxygen atoms in total. The van der Waals surface area contributed by atoms with Crippen LogP contribution in [0.15, 0.2) is 24.3 Å². The van der Waals surface area contributed by atoms with E-state index in [1.165, 1.54) is 37.7 Å². The second-order valence-corrected chi connectivity index (χ2v) is 12.5. The van der Waals surface area contributed by atoms with Gasteiger partial charge >= 0.3 is 6.03 Å². The smallest absolute Gasteiger partial charge is 0.314 e. The van der Waals surface area contributed by atoms with Gasteiger partial charge in [0.05, 0.1) is 6.10 Å². The third-order valence-corrected chi connectivity index (χ3v) is 10.3. The van der Waals surface area contributed by atoms with Crippen molar-refractivity contribution in [3.05, 3.63) is 29.8 Å².